The number of nitrogens with one attached hydrogen (secondary N) is 1. The van der Waals surface area contributed by atoms with Gasteiger partial charge < -0.3 is 10.1 Å². The third-order valence-corrected chi connectivity index (χ3v) is 4.11. The van der Waals surface area contributed by atoms with Crippen LogP contribution in [0.3, 0.4) is 0 Å². The van der Waals surface area contributed by atoms with E-state index in [1.165, 1.54) is 11.3 Å². The van der Waals surface area contributed by atoms with Gasteiger partial charge in [0.15, 0.2) is 0 Å². The van der Waals surface area contributed by atoms with E-state index in [1.807, 2.05) is 38.1 Å². The summed E-state index contributed by atoms with van der Waals surface area (Å²) in [5.74, 6) is 0. The van der Waals surface area contributed by atoms with Crippen LogP contribution >= 0.6 is 22.9 Å². The number of carbonyl (C=O) groups is 1. The highest BCUT2D eigenvalue weighted by atomic mass is 35.5. The number of carbonyl (C=O) groups excluding carboxylic acids is 1. The van der Waals surface area contributed by atoms with E-state index in [2.05, 4.69) is 10.3 Å². The number of halogens is 1. The lowest BCUT2D eigenvalue weighted by Crippen LogP contribution is -2.24. The third kappa shape index (κ3) is 4.44. The van der Waals surface area contributed by atoms with E-state index in [0.29, 0.717) is 10.9 Å². The fraction of sp³-hybridized carbons (Fsp3) is 0.333. The molecular formula is C15H17ClN2O2S. The molecule has 0 saturated heterocycles. The first-order chi connectivity index (χ1) is 10.1. The van der Waals surface area contributed by atoms with Gasteiger partial charge in [0.05, 0.1) is 14.9 Å². The Morgan fingerprint density at radius 1 is 1.48 bits per heavy atom. The van der Waals surface area contributed by atoms with Crippen LogP contribution in [-0.4, -0.2) is 17.6 Å². The molecule has 0 aliphatic heterocycles. The fourth-order valence-electron chi connectivity index (χ4n) is 1.81. The molecule has 0 aliphatic carbocycles. The Hall–Kier alpha value is -1.59. The van der Waals surface area contributed by atoms with Crippen molar-refractivity contribution in [3.63, 3.8) is 0 Å². The molecule has 0 fully saturated rings. The van der Waals surface area contributed by atoms with Crippen LogP contribution in [0.5, 0.6) is 0 Å². The van der Waals surface area contributed by atoms with Gasteiger partial charge in [-0.3, -0.25) is 4.98 Å². The molecule has 2 heterocycles. The minimum atomic E-state index is -0.415. The molecule has 1 N–H and O–H groups in total. The van der Waals surface area contributed by atoms with Crippen molar-refractivity contribution in [1.82, 2.24) is 10.3 Å². The Kier molecular flexibility index (Phi) is 5.59. The second-order valence-corrected chi connectivity index (χ2v) is 6.26. The molecule has 0 spiro atoms. The second kappa shape index (κ2) is 7.43. The van der Waals surface area contributed by atoms with E-state index in [0.717, 1.165) is 28.2 Å². The molecule has 2 aromatic rings. The Morgan fingerprint density at radius 3 is 3.00 bits per heavy atom. The fourth-order valence-corrected chi connectivity index (χ4v) is 3.04. The number of ether oxygens (including phenoxy) is 1. The molecule has 112 valence electrons. The molecular weight excluding hydrogens is 308 g/mol. The zero-order valence-corrected chi connectivity index (χ0v) is 13.6. The zero-order chi connectivity index (χ0) is 15.2. The smallest absolute Gasteiger partial charge is 0.407 e. The Bertz CT molecular complexity index is 628. The second-order valence-electron chi connectivity index (χ2n) is 4.57. The minimum Gasteiger partial charge on any atom is -0.445 e. The van der Waals surface area contributed by atoms with Gasteiger partial charge >= 0.3 is 6.09 Å². The number of thiophene rings is 1. The van der Waals surface area contributed by atoms with Gasteiger partial charge in [0.25, 0.3) is 0 Å². The summed E-state index contributed by atoms with van der Waals surface area (Å²) < 4.78 is 5.86. The monoisotopic (exact) mass is 324 g/mol. The highest BCUT2D eigenvalue weighted by Gasteiger charge is 2.13. The van der Waals surface area contributed by atoms with Gasteiger partial charge in [-0.25, -0.2) is 4.79 Å². The molecule has 4 nitrogen and oxygen atoms in total. The van der Waals surface area contributed by atoms with E-state index in [4.69, 9.17) is 16.3 Å². The van der Waals surface area contributed by atoms with Crippen molar-refractivity contribution >= 4 is 29.0 Å². The number of aromatic nitrogens is 1. The average Bonchev–Trinajstić information content (AvgIpc) is 2.84. The molecule has 0 aromatic carbocycles. The number of rotatable bonds is 5. The van der Waals surface area contributed by atoms with Gasteiger partial charge in [0, 0.05) is 17.8 Å². The quantitative estimate of drug-likeness (QED) is 0.886. The van der Waals surface area contributed by atoms with Crippen molar-refractivity contribution in [2.45, 2.75) is 26.9 Å². The van der Waals surface area contributed by atoms with E-state index in [1.54, 1.807) is 0 Å². The van der Waals surface area contributed by atoms with E-state index in [9.17, 15) is 4.79 Å². The van der Waals surface area contributed by atoms with Crippen LogP contribution < -0.4 is 5.32 Å². The summed E-state index contributed by atoms with van der Waals surface area (Å²) in [7, 11) is 0. The summed E-state index contributed by atoms with van der Waals surface area (Å²) >= 11 is 7.53. The molecule has 2 aromatic heterocycles. The maximum absolute atomic E-state index is 11.5. The van der Waals surface area contributed by atoms with E-state index in [-0.39, 0.29) is 6.61 Å². The highest BCUT2D eigenvalue weighted by molar-refractivity contribution is 7.19. The summed E-state index contributed by atoms with van der Waals surface area (Å²) in [4.78, 5) is 16.9. The van der Waals surface area contributed by atoms with Crippen LogP contribution in [0.4, 0.5) is 4.79 Å². The normalized spacial score (nSPS) is 10.4. The van der Waals surface area contributed by atoms with Crippen molar-refractivity contribution in [3.05, 3.63) is 39.9 Å². The topological polar surface area (TPSA) is 51.2 Å². The average molecular weight is 325 g/mol. The Balaban J connectivity index is 2.12. The van der Waals surface area contributed by atoms with Crippen LogP contribution in [0.25, 0.3) is 10.6 Å². The number of nitrogens with zero attached hydrogens (tertiary/aromatic N) is 1. The number of amides is 1. The van der Waals surface area contributed by atoms with Gasteiger partial charge in [-0.1, -0.05) is 24.6 Å². The number of hydrogen-bond acceptors (Lipinski definition) is 4. The number of hydrogen-bond donors (Lipinski definition) is 1. The first-order valence-electron chi connectivity index (χ1n) is 6.73. The standard InChI is InChI=1S/C15H17ClN2O2S/c1-3-7-17-15(19)20-9-11-8-13(16)21-14(11)12-6-4-5-10(2)18-12/h4-6,8H,3,7,9H2,1-2H3,(H,17,19). The summed E-state index contributed by atoms with van der Waals surface area (Å²) in [5, 5.41) is 2.67. The molecule has 21 heavy (non-hydrogen) atoms. The molecule has 2 rings (SSSR count). The highest BCUT2D eigenvalue weighted by Crippen LogP contribution is 2.35. The largest absolute Gasteiger partial charge is 0.445 e. The van der Waals surface area contributed by atoms with Crippen molar-refractivity contribution in [1.29, 1.82) is 0 Å². The van der Waals surface area contributed by atoms with Gasteiger partial charge in [-0.2, -0.15) is 0 Å². The number of alkyl carbamates (subject to hydrolysis) is 1. The van der Waals surface area contributed by atoms with Gasteiger partial charge in [-0.05, 0) is 31.5 Å². The van der Waals surface area contributed by atoms with Crippen molar-refractivity contribution < 1.29 is 9.53 Å². The van der Waals surface area contributed by atoms with E-state index >= 15 is 0 Å². The number of pyridine rings is 1. The molecule has 0 atom stereocenters. The Morgan fingerprint density at radius 2 is 2.29 bits per heavy atom. The molecule has 1 amide bonds. The van der Waals surface area contributed by atoms with Crippen LogP contribution in [0, 0.1) is 6.92 Å². The summed E-state index contributed by atoms with van der Waals surface area (Å²) in [6, 6.07) is 7.63. The SMILES string of the molecule is CCCNC(=O)OCc1cc(Cl)sc1-c1cccc(C)n1. The summed E-state index contributed by atoms with van der Waals surface area (Å²) in [6.07, 6.45) is 0.458. The van der Waals surface area contributed by atoms with Crippen LogP contribution in [-0.2, 0) is 11.3 Å². The lowest BCUT2D eigenvalue weighted by Gasteiger charge is -2.07. The maximum atomic E-state index is 11.5. The summed E-state index contributed by atoms with van der Waals surface area (Å²) in [6.45, 7) is 4.72. The predicted octanol–water partition coefficient (Wildman–Crippen LogP) is 4.41. The van der Waals surface area contributed by atoms with Crippen LogP contribution in [0.2, 0.25) is 4.34 Å². The number of aryl methyl sites for hydroxylation is 1. The van der Waals surface area contributed by atoms with Crippen LogP contribution in [0.15, 0.2) is 24.3 Å². The van der Waals surface area contributed by atoms with Crippen molar-refractivity contribution in [2.24, 2.45) is 0 Å². The lowest BCUT2D eigenvalue weighted by molar-refractivity contribution is 0.140. The van der Waals surface area contributed by atoms with Gasteiger partial charge in [0.1, 0.15) is 6.61 Å². The van der Waals surface area contributed by atoms with Crippen molar-refractivity contribution in [2.75, 3.05) is 6.54 Å². The molecule has 0 radical (unpaired) electrons. The first kappa shape index (κ1) is 15.8. The van der Waals surface area contributed by atoms with E-state index < -0.39 is 6.09 Å². The predicted molar refractivity (Wildman–Crippen MR) is 85.8 cm³/mol. The Labute approximate surface area is 133 Å². The van der Waals surface area contributed by atoms with Gasteiger partial charge in [0.2, 0.25) is 0 Å². The van der Waals surface area contributed by atoms with Crippen LogP contribution in [0.1, 0.15) is 24.6 Å². The van der Waals surface area contributed by atoms with Gasteiger partial charge in [-0.15, -0.1) is 11.3 Å². The van der Waals surface area contributed by atoms with Crippen molar-refractivity contribution in [3.8, 4) is 10.6 Å². The third-order valence-electron chi connectivity index (χ3n) is 2.78. The maximum Gasteiger partial charge on any atom is 0.407 e. The minimum absolute atomic E-state index is 0.184. The molecule has 0 bridgehead atoms. The summed E-state index contributed by atoms with van der Waals surface area (Å²) in [5.41, 5.74) is 2.65. The zero-order valence-electron chi connectivity index (χ0n) is 12.0. The molecule has 0 saturated carbocycles. The lowest BCUT2D eigenvalue weighted by atomic mass is 10.2. The first-order valence-corrected chi connectivity index (χ1v) is 7.92. The molecule has 6 heteroatoms. The molecule has 0 aliphatic rings. The molecule has 0 unspecified atom stereocenters.